The molecule has 6 nitrogen and oxygen atoms in total. The number of amides is 1. The van der Waals surface area contributed by atoms with Crippen LogP contribution in [0.5, 0.6) is 0 Å². The highest BCUT2D eigenvalue weighted by molar-refractivity contribution is 6.06. The maximum absolute atomic E-state index is 12.8. The van der Waals surface area contributed by atoms with E-state index in [-0.39, 0.29) is 11.9 Å². The Labute approximate surface area is 152 Å². The van der Waals surface area contributed by atoms with Crippen LogP contribution in [-0.2, 0) is 6.42 Å². The number of nitrogens with zero attached hydrogens (tertiary/aromatic N) is 3. The van der Waals surface area contributed by atoms with Crippen LogP contribution < -0.4 is 10.2 Å². The predicted octanol–water partition coefficient (Wildman–Crippen LogP) is 3.16. The second kappa shape index (κ2) is 7.93. The maximum atomic E-state index is 12.8. The standard InChI is InChI=1S/C20H22N4O2/c1-14(21-2)12-18-22-19(26-23-18)15-8-7-9-16(13-15)20(25)24(3)17-10-5-4-6-11-17/h4-11,13-14,21H,12H2,1-3H3. The first-order valence-electron chi connectivity index (χ1n) is 8.52. The molecule has 0 saturated heterocycles. The lowest BCUT2D eigenvalue weighted by molar-refractivity contribution is 0.0993. The van der Waals surface area contributed by atoms with Gasteiger partial charge in [-0.1, -0.05) is 29.4 Å². The van der Waals surface area contributed by atoms with Crippen molar-refractivity contribution in [3.05, 3.63) is 66.0 Å². The van der Waals surface area contributed by atoms with Crippen molar-refractivity contribution < 1.29 is 9.32 Å². The molecule has 0 aliphatic rings. The van der Waals surface area contributed by atoms with E-state index in [9.17, 15) is 4.79 Å². The van der Waals surface area contributed by atoms with E-state index < -0.39 is 0 Å². The van der Waals surface area contributed by atoms with Crippen molar-refractivity contribution in [2.45, 2.75) is 19.4 Å². The molecule has 0 aliphatic carbocycles. The van der Waals surface area contributed by atoms with Crippen molar-refractivity contribution in [2.75, 3.05) is 19.0 Å². The van der Waals surface area contributed by atoms with Crippen LogP contribution in [0.1, 0.15) is 23.1 Å². The van der Waals surface area contributed by atoms with Crippen molar-refractivity contribution in [1.29, 1.82) is 0 Å². The van der Waals surface area contributed by atoms with Gasteiger partial charge in [0.15, 0.2) is 5.82 Å². The zero-order chi connectivity index (χ0) is 18.5. The molecule has 1 atom stereocenters. The van der Waals surface area contributed by atoms with Crippen molar-refractivity contribution in [1.82, 2.24) is 15.5 Å². The summed E-state index contributed by atoms with van der Waals surface area (Å²) in [5, 5.41) is 7.16. The van der Waals surface area contributed by atoms with Gasteiger partial charge >= 0.3 is 0 Å². The normalized spacial score (nSPS) is 12.0. The highest BCUT2D eigenvalue weighted by atomic mass is 16.5. The van der Waals surface area contributed by atoms with Crippen LogP contribution >= 0.6 is 0 Å². The minimum Gasteiger partial charge on any atom is -0.334 e. The largest absolute Gasteiger partial charge is 0.334 e. The molecule has 1 N–H and O–H groups in total. The van der Waals surface area contributed by atoms with Gasteiger partial charge in [-0.25, -0.2) is 0 Å². The minimum absolute atomic E-state index is 0.0957. The second-order valence-corrected chi connectivity index (χ2v) is 6.19. The molecule has 3 aromatic rings. The Morgan fingerprint density at radius 2 is 1.96 bits per heavy atom. The van der Waals surface area contributed by atoms with Gasteiger partial charge < -0.3 is 14.7 Å². The average Bonchev–Trinajstić information content (AvgIpc) is 3.16. The number of rotatable bonds is 6. The molecule has 2 aromatic carbocycles. The number of carbonyl (C=O) groups is 1. The first kappa shape index (κ1) is 17.8. The summed E-state index contributed by atoms with van der Waals surface area (Å²) in [7, 11) is 3.65. The Bertz CT molecular complexity index is 876. The fourth-order valence-corrected chi connectivity index (χ4v) is 2.58. The molecule has 26 heavy (non-hydrogen) atoms. The zero-order valence-corrected chi connectivity index (χ0v) is 15.1. The molecule has 1 heterocycles. The van der Waals surface area contributed by atoms with E-state index in [0.717, 1.165) is 11.3 Å². The Hall–Kier alpha value is -2.99. The second-order valence-electron chi connectivity index (χ2n) is 6.19. The number of nitrogens with one attached hydrogen (secondary N) is 1. The number of aromatic nitrogens is 2. The van der Waals surface area contributed by atoms with Crippen LogP contribution in [-0.4, -0.2) is 36.2 Å². The predicted molar refractivity (Wildman–Crippen MR) is 101 cm³/mol. The Morgan fingerprint density at radius 3 is 2.69 bits per heavy atom. The summed E-state index contributed by atoms with van der Waals surface area (Å²) in [5.41, 5.74) is 2.13. The molecule has 0 saturated carbocycles. The molecule has 0 spiro atoms. The van der Waals surface area contributed by atoms with Crippen LogP contribution in [0.3, 0.4) is 0 Å². The van der Waals surface area contributed by atoms with E-state index in [1.807, 2.05) is 49.5 Å². The molecule has 1 unspecified atom stereocenters. The third kappa shape index (κ3) is 3.97. The lowest BCUT2D eigenvalue weighted by Crippen LogP contribution is -2.26. The first-order valence-corrected chi connectivity index (χ1v) is 8.52. The van der Waals surface area contributed by atoms with Gasteiger partial charge in [0.2, 0.25) is 0 Å². The molecule has 134 valence electrons. The number of para-hydroxylation sites is 1. The van der Waals surface area contributed by atoms with Gasteiger partial charge in [-0.2, -0.15) is 4.98 Å². The van der Waals surface area contributed by atoms with Crippen LogP contribution in [0.25, 0.3) is 11.5 Å². The molecule has 0 fully saturated rings. The number of likely N-dealkylation sites (N-methyl/N-ethyl adjacent to an activating group) is 1. The van der Waals surface area contributed by atoms with Gasteiger partial charge in [-0.3, -0.25) is 4.79 Å². The summed E-state index contributed by atoms with van der Waals surface area (Å²) in [6.07, 6.45) is 0.676. The lowest BCUT2D eigenvalue weighted by Gasteiger charge is -2.17. The Kier molecular flexibility index (Phi) is 5.43. The van der Waals surface area contributed by atoms with E-state index in [4.69, 9.17) is 4.52 Å². The highest BCUT2D eigenvalue weighted by Gasteiger charge is 2.16. The quantitative estimate of drug-likeness (QED) is 0.739. The number of carbonyl (C=O) groups excluding carboxylic acids is 1. The zero-order valence-electron chi connectivity index (χ0n) is 15.1. The minimum atomic E-state index is -0.0957. The number of anilines is 1. The third-order valence-electron chi connectivity index (χ3n) is 4.25. The number of hydrogen-bond donors (Lipinski definition) is 1. The van der Waals surface area contributed by atoms with Gasteiger partial charge in [0.05, 0.1) is 0 Å². The monoisotopic (exact) mass is 350 g/mol. The van der Waals surface area contributed by atoms with Crippen LogP contribution in [0.4, 0.5) is 5.69 Å². The van der Waals surface area contributed by atoms with E-state index >= 15 is 0 Å². The molecule has 0 radical (unpaired) electrons. The molecule has 1 aromatic heterocycles. The molecular weight excluding hydrogens is 328 g/mol. The summed E-state index contributed by atoms with van der Waals surface area (Å²) >= 11 is 0. The molecule has 0 aliphatic heterocycles. The number of hydrogen-bond acceptors (Lipinski definition) is 5. The number of benzene rings is 2. The van der Waals surface area contributed by atoms with E-state index in [0.29, 0.717) is 23.7 Å². The Balaban J connectivity index is 1.81. The van der Waals surface area contributed by atoms with Crippen LogP contribution in [0.2, 0.25) is 0 Å². The smallest absolute Gasteiger partial charge is 0.258 e. The van der Waals surface area contributed by atoms with Gasteiger partial charge in [0.1, 0.15) is 0 Å². The summed E-state index contributed by atoms with van der Waals surface area (Å²) in [4.78, 5) is 18.8. The van der Waals surface area contributed by atoms with Crippen LogP contribution in [0, 0.1) is 0 Å². The molecule has 0 bridgehead atoms. The molecular formula is C20H22N4O2. The lowest BCUT2D eigenvalue weighted by atomic mass is 10.1. The van der Waals surface area contributed by atoms with E-state index in [1.54, 1.807) is 24.1 Å². The molecule has 3 rings (SSSR count). The SMILES string of the molecule is CNC(C)Cc1noc(-c2cccc(C(=O)N(C)c3ccccc3)c2)n1. The fourth-order valence-electron chi connectivity index (χ4n) is 2.58. The van der Waals surface area contributed by atoms with Crippen molar-refractivity contribution in [2.24, 2.45) is 0 Å². The van der Waals surface area contributed by atoms with Crippen molar-refractivity contribution in [3.63, 3.8) is 0 Å². The Morgan fingerprint density at radius 1 is 1.19 bits per heavy atom. The fraction of sp³-hybridized carbons (Fsp3) is 0.250. The van der Waals surface area contributed by atoms with Gasteiger partial charge in [-0.05, 0) is 44.3 Å². The van der Waals surface area contributed by atoms with Gasteiger partial charge in [0, 0.05) is 36.3 Å². The van der Waals surface area contributed by atoms with E-state index in [2.05, 4.69) is 22.4 Å². The summed E-state index contributed by atoms with van der Waals surface area (Å²) < 4.78 is 5.36. The topological polar surface area (TPSA) is 71.3 Å². The third-order valence-corrected chi connectivity index (χ3v) is 4.25. The van der Waals surface area contributed by atoms with Crippen molar-refractivity contribution >= 4 is 11.6 Å². The van der Waals surface area contributed by atoms with Gasteiger partial charge in [0.25, 0.3) is 11.8 Å². The summed E-state index contributed by atoms with van der Waals surface area (Å²) in [6.45, 7) is 2.05. The molecule has 6 heteroatoms. The van der Waals surface area contributed by atoms with Gasteiger partial charge in [-0.15, -0.1) is 0 Å². The summed E-state index contributed by atoms with van der Waals surface area (Å²) in [5.74, 6) is 0.960. The summed E-state index contributed by atoms with van der Waals surface area (Å²) in [6, 6.07) is 17.0. The van der Waals surface area contributed by atoms with Crippen LogP contribution in [0.15, 0.2) is 59.1 Å². The first-order chi connectivity index (χ1) is 12.6. The maximum Gasteiger partial charge on any atom is 0.258 e. The average molecular weight is 350 g/mol. The molecule has 1 amide bonds. The van der Waals surface area contributed by atoms with E-state index in [1.165, 1.54) is 0 Å². The van der Waals surface area contributed by atoms with Crippen molar-refractivity contribution in [3.8, 4) is 11.5 Å². The highest BCUT2D eigenvalue weighted by Crippen LogP contribution is 2.21.